The third-order valence-electron chi connectivity index (χ3n) is 3.75. The van der Waals surface area contributed by atoms with E-state index >= 15 is 0 Å². The van der Waals surface area contributed by atoms with Gasteiger partial charge in [0.15, 0.2) is 17.3 Å². The van der Waals surface area contributed by atoms with Crippen molar-refractivity contribution in [3.63, 3.8) is 0 Å². The fraction of sp³-hybridized carbons (Fsp3) is 0.118. The molecule has 0 atom stereocenters. The Bertz CT molecular complexity index is 799. The lowest BCUT2D eigenvalue weighted by Gasteiger charge is -2.07. The second kappa shape index (κ2) is 5.80. The number of fused-ring (bicyclic) bond motifs is 1. The molecule has 0 bridgehead atoms. The van der Waals surface area contributed by atoms with E-state index < -0.39 is 23.3 Å². The maximum Gasteiger partial charge on any atom is 0.182 e. The summed E-state index contributed by atoms with van der Waals surface area (Å²) in [4.78, 5) is 37.4. The molecule has 0 fully saturated rings. The van der Waals surface area contributed by atoms with Crippen molar-refractivity contribution in [2.24, 2.45) is 5.92 Å². The molecule has 0 N–H and O–H groups in total. The van der Waals surface area contributed by atoms with Crippen molar-refractivity contribution in [1.29, 1.82) is 0 Å². The van der Waals surface area contributed by atoms with Gasteiger partial charge in [-0.05, 0) is 36.4 Å². The van der Waals surface area contributed by atoms with Gasteiger partial charge in [-0.15, -0.1) is 0 Å². The van der Waals surface area contributed by atoms with Gasteiger partial charge in [0.1, 0.15) is 11.7 Å². The number of ether oxygens (including phenoxy) is 1. The smallest absolute Gasteiger partial charge is 0.182 e. The lowest BCUT2D eigenvalue weighted by Crippen LogP contribution is -2.25. The molecule has 2 aromatic carbocycles. The van der Waals surface area contributed by atoms with Crippen molar-refractivity contribution in [2.45, 2.75) is 0 Å². The summed E-state index contributed by atoms with van der Waals surface area (Å²) >= 11 is 11.8. The van der Waals surface area contributed by atoms with Gasteiger partial charge in [-0.25, -0.2) is 0 Å². The molecular weight excluding hydrogens is 339 g/mol. The monoisotopic (exact) mass is 348 g/mol. The fourth-order valence-electron chi connectivity index (χ4n) is 2.54. The van der Waals surface area contributed by atoms with E-state index in [0.29, 0.717) is 5.75 Å². The van der Waals surface area contributed by atoms with Crippen molar-refractivity contribution in [1.82, 2.24) is 0 Å². The predicted octanol–water partition coefficient (Wildman–Crippen LogP) is 3.88. The normalized spacial score (nSPS) is 14.0. The van der Waals surface area contributed by atoms with Gasteiger partial charge in [0.25, 0.3) is 0 Å². The summed E-state index contributed by atoms with van der Waals surface area (Å²) in [5.41, 5.74) is 0.537. The first-order valence-corrected chi connectivity index (χ1v) is 7.45. The van der Waals surface area contributed by atoms with Gasteiger partial charge in [-0.1, -0.05) is 23.2 Å². The second-order valence-electron chi connectivity index (χ2n) is 5.07. The Morgan fingerprint density at radius 3 is 1.87 bits per heavy atom. The lowest BCUT2D eigenvalue weighted by molar-refractivity contribution is 0.0756. The number of rotatable bonds is 3. The van der Waals surface area contributed by atoms with Gasteiger partial charge in [-0.2, -0.15) is 0 Å². The Morgan fingerprint density at radius 1 is 0.957 bits per heavy atom. The van der Waals surface area contributed by atoms with E-state index in [1.54, 1.807) is 12.1 Å². The Hall–Kier alpha value is -2.17. The van der Waals surface area contributed by atoms with E-state index in [-0.39, 0.29) is 26.7 Å². The molecule has 4 nitrogen and oxygen atoms in total. The molecule has 0 unspecified atom stereocenters. The molecule has 3 rings (SSSR count). The second-order valence-corrected chi connectivity index (χ2v) is 5.88. The largest absolute Gasteiger partial charge is 0.497 e. The number of carbonyl (C=O) groups excluding carboxylic acids is 3. The Kier molecular flexibility index (Phi) is 3.96. The van der Waals surface area contributed by atoms with E-state index in [0.717, 1.165) is 0 Å². The number of Topliss-reactive ketones (excluding diaryl/α,β-unsaturated/α-hetero) is 3. The summed E-state index contributed by atoms with van der Waals surface area (Å²) < 4.78 is 5.02. The first-order chi connectivity index (χ1) is 10.9. The summed E-state index contributed by atoms with van der Waals surface area (Å²) in [6, 6.07) is 8.90. The zero-order chi connectivity index (χ0) is 16.7. The highest BCUT2D eigenvalue weighted by molar-refractivity contribution is 6.44. The molecule has 0 aromatic heterocycles. The molecule has 1 aliphatic carbocycles. The van der Waals surface area contributed by atoms with Crippen molar-refractivity contribution < 1.29 is 19.1 Å². The fourth-order valence-corrected chi connectivity index (χ4v) is 2.87. The molecule has 0 amide bonds. The minimum atomic E-state index is -1.38. The van der Waals surface area contributed by atoms with Gasteiger partial charge in [0, 0.05) is 16.7 Å². The van der Waals surface area contributed by atoms with E-state index in [1.165, 1.54) is 31.4 Å². The summed E-state index contributed by atoms with van der Waals surface area (Å²) in [5, 5.41) is 0.341. The Labute approximate surface area is 142 Å². The summed E-state index contributed by atoms with van der Waals surface area (Å²) in [7, 11) is 1.50. The van der Waals surface area contributed by atoms with Crippen molar-refractivity contribution >= 4 is 40.6 Å². The molecule has 0 saturated heterocycles. The maximum absolute atomic E-state index is 12.6. The number of ketones is 3. The summed E-state index contributed by atoms with van der Waals surface area (Å²) in [5.74, 6) is -2.46. The van der Waals surface area contributed by atoms with Crippen LogP contribution in [-0.2, 0) is 0 Å². The molecule has 6 heteroatoms. The average Bonchev–Trinajstić information content (AvgIpc) is 2.78. The number of halogens is 2. The van der Waals surface area contributed by atoms with Crippen LogP contribution >= 0.6 is 23.2 Å². The minimum Gasteiger partial charge on any atom is -0.497 e. The minimum absolute atomic E-state index is 0.135. The quantitative estimate of drug-likeness (QED) is 0.623. The third kappa shape index (κ3) is 2.54. The van der Waals surface area contributed by atoms with Crippen molar-refractivity contribution in [3.05, 3.63) is 63.1 Å². The van der Waals surface area contributed by atoms with Crippen molar-refractivity contribution in [3.8, 4) is 5.75 Å². The molecule has 116 valence electrons. The van der Waals surface area contributed by atoms with E-state index in [1.807, 2.05) is 0 Å². The number of hydrogen-bond acceptors (Lipinski definition) is 4. The molecule has 0 aliphatic heterocycles. The topological polar surface area (TPSA) is 60.4 Å². The molecule has 23 heavy (non-hydrogen) atoms. The van der Waals surface area contributed by atoms with Crippen LogP contribution in [0.25, 0.3) is 0 Å². The van der Waals surface area contributed by atoms with Crippen LogP contribution < -0.4 is 4.74 Å². The highest BCUT2D eigenvalue weighted by Gasteiger charge is 2.44. The third-order valence-corrected chi connectivity index (χ3v) is 4.47. The van der Waals surface area contributed by atoms with Gasteiger partial charge in [0.2, 0.25) is 0 Å². The standard InChI is InChI=1S/C17H10Cl2O4/c1-23-9-4-2-8(3-5-9)15(20)14-16(21)10-6-12(18)13(19)7-11(10)17(14)22/h2-7,14H,1H3. The Morgan fingerprint density at radius 2 is 1.43 bits per heavy atom. The van der Waals surface area contributed by atoms with Crippen LogP contribution in [0.3, 0.4) is 0 Å². The van der Waals surface area contributed by atoms with Crippen LogP contribution in [0.5, 0.6) is 5.75 Å². The zero-order valence-electron chi connectivity index (χ0n) is 11.9. The van der Waals surface area contributed by atoms with Crippen LogP contribution in [0, 0.1) is 5.92 Å². The first-order valence-electron chi connectivity index (χ1n) is 6.69. The SMILES string of the molecule is COc1ccc(C(=O)C2C(=O)c3cc(Cl)c(Cl)cc3C2=O)cc1. The number of benzene rings is 2. The van der Waals surface area contributed by atoms with E-state index in [4.69, 9.17) is 27.9 Å². The van der Waals surface area contributed by atoms with Crippen molar-refractivity contribution in [2.75, 3.05) is 7.11 Å². The molecule has 0 radical (unpaired) electrons. The van der Waals surface area contributed by atoms with Gasteiger partial charge in [0.05, 0.1) is 17.2 Å². The van der Waals surface area contributed by atoms with Gasteiger partial charge in [-0.3, -0.25) is 14.4 Å². The van der Waals surface area contributed by atoms with Crippen LogP contribution in [0.2, 0.25) is 10.0 Å². The average molecular weight is 349 g/mol. The van der Waals surface area contributed by atoms with Crippen LogP contribution in [-0.4, -0.2) is 24.5 Å². The van der Waals surface area contributed by atoms with E-state index in [9.17, 15) is 14.4 Å². The molecule has 0 spiro atoms. The Balaban J connectivity index is 1.99. The summed E-state index contributed by atoms with van der Waals surface area (Å²) in [6.07, 6.45) is 0. The van der Waals surface area contributed by atoms with Gasteiger partial charge >= 0.3 is 0 Å². The van der Waals surface area contributed by atoms with Crippen LogP contribution in [0.1, 0.15) is 31.1 Å². The number of methoxy groups -OCH3 is 1. The predicted molar refractivity (Wildman–Crippen MR) is 85.9 cm³/mol. The molecule has 0 saturated carbocycles. The van der Waals surface area contributed by atoms with Gasteiger partial charge < -0.3 is 4.74 Å². The number of carbonyl (C=O) groups is 3. The summed E-state index contributed by atoms with van der Waals surface area (Å²) in [6.45, 7) is 0. The lowest BCUT2D eigenvalue weighted by atomic mass is 9.93. The number of hydrogen-bond donors (Lipinski definition) is 0. The molecule has 1 aliphatic rings. The highest BCUT2D eigenvalue weighted by atomic mass is 35.5. The molecular formula is C17H10Cl2O4. The van der Waals surface area contributed by atoms with Crippen LogP contribution in [0.4, 0.5) is 0 Å². The first kappa shape index (κ1) is 15.7. The maximum atomic E-state index is 12.6. The van der Waals surface area contributed by atoms with E-state index in [2.05, 4.69) is 0 Å². The highest BCUT2D eigenvalue weighted by Crippen LogP contribution is 2.35. The zero-order valence-corrected chi connectivity index (χ0v) is 13.4. The molecule has 2 aromatic rings. The van der Waals surface area contributed by atoms with Crippen LogP contribution in [0.15, 0.2) is 36.4 Å². The molecule has 0 heterocycles.